The number of anilines is 1. The maximum Gasteiger partial charge on any atom is 0.271 e. The summed E-state index contributed by atoms with van der Waals surface area (Å²) in [5.74, 6) is 1.84. The van der Waals surface area contributed by atoms with Crippen LogP contribution in [0, 0.1) is 28.9 Å². The molecule has 0 aliphatic heterocycles. The highest BCUT2D eigenvalue weighted by Gasteiger charge is 2.34. The van der Waals surface area contributed by atoms with E-state index in [0.717, 1.165) is 23.1 Å². The van der Waals surface area contributed by atoms with Crippen LogP contribution < -0.4 is 5.32 Å². The number of nitro benzene ring substituents is 1. The molecule has 2 saturated carbocycles. The summed E-state index contributed by atoms with van der Waals surface area (Å²) in [6.07, 6.45) is 7.89. The number of benzene rings is 1. The predicted octanol–water partition coefficient (Wildman–Crippen LogP) is 4.28. The maximum absolute atomic E-state index is 10.9. The molecule has 0 heterocycles. The molecule has 0 bridgehead atoms. The van der Waals surface area contributed by atoms with Crippen LogP contribution in [0.5, 0.6) is 0 Å². The summed E-state index contributed by atoms with van der Waals surface area (Å²) in [5, 5.41) is 14.4. The summed E-state index contributed by atoms with van der Waals surface area (Å²) in [7, 11) is 0. The first-order valence-electron chi connectivity index (χ1n) is 7.65. The molecule has 2 fully saturated rings. The fourth-order valence-electron chi connectivity index (χ4n) is 3.45. The highest BCUT2D eigenvalue weighted by atomic mass is 16.6. The second-order valence-electron chi connectivity index (χ2n) is 6.36. The fraction of sp³-hybridized carbons (Fsp3) is 0.625. The molecule has 2 atom stereocenters. The van der Waals surface area contributed by atoms with Crippen molar-refractivity contribution in [2.75, 3.05) is 5.32 Å². The van der Waals surface area contributed by atoms with Crippen LogP contribution in [0.4, 0.5) is 11.4 Å². The zero-order valence-electron chi connectivity index (χ0n) is 12.0. The number of aryl methyl sites for hydroxylation is 1. The van der Waals surface area contributed by atoms with E-state index in [4.69, 9.17) is 0 Å². The van der Waals surface area contributed by atoms with E-state index >= 15 is 0 Å². The first-order chi connectivity index (χ1) is 9.63. The molecule has 2 aliphatic carbocycles. The molecule has 2 unspecified atom stereocenters. The summed E-state index contributed by atoms with van der Waals surface area (Å²) in [4.78, 5) is 10.6. The lowest BCUT2D eigenvalue weighted by molar-refractivity contribution is -0.384. The number of non-ortho nitro benzene ring substituents is 1. The number of nitrogens with zero attached hydrogens (tertiary/aromatic N) is 1. The lowest BCUT2D eigenvalue weighted by atomic mass is 9.82. The molecule has 0 saturated heterocycles. The standard InChI is InChI=1S/C16H22N2O2/c1-11-5-8-15(18(19)20)10-16(11)17-14-4-2-3-13(9-14)12-6-7-12/h5,8,10,12-14,17H,2-4,6-7,9H2,1H3. The Bertz CT molecular complexity index is 511. The molecule has 2 aliphatic rings. The third kappa shape index (κ3) is 2.94. The maximum atomic E-state index is 10.9. The van der Waals surface area contributed by atoms with Crippen LogP contribution in [0.3, 0.4) is 0 Å². The molecule has 0 spiro atoms. The van der Waals surface area contributed by atoms with Gasteiger partial charge in [-0.1, -0.05) is 18.9 Å². The molecule has 0 amide bonds. The van der Waals surface area contributed by atoms with Gasteiger partial charge in [0, 0.05) is 23.9 Å². The molecule has 1 aromatic rings. The minimum atomic E-state index is -0.321. The summed E-state index contributed by atoms with van der Waals surface area (Å²) in [6.45, 7) is 2.01. The molecule has 108 valence electrons. The van der Waals surface area contributed by atoms with Gasteiger partial charge in [0.2, 0.25) is 0 Å². The van der Waals surface area contributed by atoms with Crippen LogP contribution in [-0.2, 0) is 0 Å². The van der Waals surface area contributed by atoms with Gasteiger partial charge in [0.15, 0.2) is 0 Å². The second kappa shape index (κ2) is 5.43. The smallest absolute Gasteiger partial charge is 0.271 e. The zero-order valence-corrected chi connectivity index (χ0v) is 12.0. The Kier molecular flexibility index (Phi) is 3.64. The van der Waals surface area contributed by atoms with Crippen molar-refractivity contribution in [2.45, 2.75) is 51.5 Å². The van der Waals surface area contributed by atoms with Gasteiger partial charge in [0.25, 0.3) is 5.69 Å². The van der Waals surface area contributed by atoms with Crippen LogP contribution in [0.1, 0.15) is 44.1 Å². The SMILES string of the molecule is Cc1ccc([N+](=O)[O-])cc1NC1CCCC(C2CC2)C1. The van der Waals surface area contributed by atoms with Crippen LogP contribution >= 0.6 is 0 Å². The van der Waals surface area contributed by atoms with Crippen molar-refractivity contribution >= 4 is 11.4 Å². The van der Waals surface area contributed by atoms with Gasteiger partial charge >= 0.3 is 0 Å². The second-order valence-corrected chi connectivity index (χ2v) is 6.36. The molecule has 1 N–H and O–H groups in total. The van der Waals surface area contributed by atoms with Crippen LogP contribution in [0.15, 0.2) is 18.2 Å². The number of hydrogen-bond donors (Lipinski definition) is 1. The average molecular weight is 274 g/mol. The third-order valence-corrected chi connectivity index (χ3v) is 4.80. The number of hydrogen-bond acceptors (Lipinski definition) is 3. The van der Waals surface area contributed by atoms with Crippen molar-refractivity contribution in [3.8, 4) is 0 Å². The summed E-state index contributed by atoms with van der Waals surface area (Å²) >= 11 is 0. The van der Waals surface area contributed by atoms with Gasteiger partial charge in [0.05, 0.1) is 4.92 Å². The Morgan fingerprint density at radius 1 is 1.20 bits per heavy atom. The van der Waals surface area contributed by atoms with E-state index in [0.29, 0.717) is 6.04 Å². The first kappa shape index (κ1) is 13.4. The van der Waals surface area contributed by atoms with E-state index in [2.05, 4.69) is 5.32 Å². The lowest BCUT2D eigenvalue weighted by Gasteiger charge is -2.31. The van der Waals surface area contributed by atoms with E-state index in [1.807, 2.05) is 13.0 Å². The third-order valence-electron chi connectivity index (χ3n) is 4.80. The highest BCUT2D eigenvalue weighted by Crippen LogP contribution is 2.44. The highest BCUT2D eigenvalue weighted by molar-refractivity contribution is 5.57. The van der Waals surface area contributed by atoms with E-state index in [-0.39, 0.29) is 10.6 Å². The summed E-state index contributed by atoms with van der Waals surface area (Å²) in [6, 6.07) is 5.57. The van der Waals surface area contributed by atoms with Gasteiger partial charge in [-0.15, -0.1) is 0 Å². The van der Waals surface area contributed by atoms with E-state index < -0.39 is 0 Å². The Balaban J connectivity index is 1.69. The molecule has 4 heteroatoms. The van der Waals surface area contributed by atoms with E-state index in [1.54, 1.807) is 12.1 Å². The average Bonchev–Trinajstić information content (AvgIpc) is 3.26. The number of nitrogens with one attached hydrogen (secondary N) is 1. The van der Waals surface area contributed by atoms with Crippen molar-refractivity contribution in [1.82, 2.24) is 0 Å². The number of nitro groups is 1. The predicted molar refractivity (Wildman–Crippen MR) is 79.9 cm³/mol. The first-order valence-corrected chi connectivity index (χ1v) is 7.65. The van der Waals surface area contributed by atoms with Gasteiger partial charge < -0.3 is 5.32 Å². The molecule has 3 rings (SSSR count). The van der Waals surface area contributed by atoms with Crippen molar-refractivity contribution in [3.63, 3.8) is 0 Å². The Morgan fingerprint density at radius 2 is 2.00 bits per heavy atom. The van der Waals surface area contributed by atoms with Crippen molar-refractivity contribution in [2.24, 2.45) is 11.8 Å². The Morgan fingerprint density at radius 3 is 2.70 bits per heavy atom. The molecular weight excluding hydrogens is 252 g/mol. The molecule has 4 nitrogen and oxygen atoms in total. The molecule has 0 radical (unpaired) electrons. The van der Waals surface area contributed by atoms with Crippen molar-refractivity contribution in [3.05, 3.63) is 33.9 Å². The van der Waals surface area contributed by atoms with Gasteiger partial charge in [-0.25, -0.2) is 0 Å². The normalized spacial score (nSPS) is 26.2. The Labute approximate surface area is 119 Å². The zero-order chi connectivity index (χ0) is 14.1. The molecule has 0 aromatic heterocycles. The molecule has 20 heavy (non-hydrogen) atoms. The number of rotatable bonds is 4. The van der Waals surface area contributed by atoms with Crippen LogP contribution in [0.2, 0.25) is 0 Å². The van der Waals surface area contributed by atoms with Crippen molar-refractivity contribution in [1.29, 1.82) is 0 Å². The lowest BCUT2D eigenvalue weighted by Crippen LogP contribution is -2.28. The molecular formula is C16H22N2O2. The summed E-state index contributed by atoms with van der Waals surface area (Å²) in [5.41, 5.74) is 2.19. The van der Waals surface area contributed by atoms with Gasteiger partial charge in [0.1, 0.15) is 0 Å². The van der Waals surface area contributed by atoms with Gasteiger partial charge in [-0.2, -0.15) is 0 Å². The van der Waals surface area contributed by atoms with Gasteiger partial charge in [-0.05, 0) is 50.0 Å². The van der Waals surface area contributed by atoms with Crippen LogP contribution in [0.25, 0.3) is 0 Å². The quantitative estimate of drug-likeness (QED) is 0.658. The van der Waals surface area contributed by atoms with Gasteiger partial charge in [-0.3, -0.25) is 10.1 Å². The summed E-state index contributed by atoms with van der Waals surface area (Å²) < 4.78 is 0. The minimum Gasteiger partial charge on any atom is -0.382 e. The largest absolute Gasteiger partial charge is 0.382 e. The van der Waals surface area contributed by atoms with Crippen molar-refractivity contribution < 1.29 is 4.92 Å². The molecule has 1 aromatic carbocycles. The van der Waals surface area contributed by atoms with E-state index in [9.17, 15) is 10.1 Å². The Hall–Kier alpha value is -1.58. The van der Waals surface area contributed by atoms with E-state index in [1.165, 1.54) is 38.5 Å². The van der Waals surface area contributed by atoms with Crippen LogP contribution in [-0.4, -0.2) is 11.0 Å². The monoisotopic (exact) mass is 274 g/mol. The topological polar surface area (TPSA) is 55.2 Å². The minimum absolute atomic E-state index is 0.174. The fourth-order valence-corrected chi connectivity index (χ4v) is 3.45.